The van der Waals surface area contributed by atoms with E-state index in [-0.39, 0.29) is 0 Å². The fraction of sp³-hybridized carbons (Fsp3) is 1.00. The molecule has 1 saturated heterocycles. The Hall–Kier alpha value is -0.0800. The number of nitrogens with zero attached hydrogens (tertiary/aromatic N) is 1. The lowest BCUT2D eigenvalue weighted by Gasteiger charge is -2.50. The zero-order valence-corrected chi connectivity index (χ0v) is 12.1. The monoisotopic (exact) mass is 226 g/mol. The van der Waals surface area contributed by atoms with Crippen LogP contribution in [0, 0.1) is 5.41 Å². The van der Waals surface area contributed by atoms with Crippen LogP contribution < -0.4 is 5.32 Å². The fourth-order valence-electron chi connectivity index (χ4n) is 2.70. The summed E-state index contributed by atoms with van der Waals surface area (Å²) in [4.78, 5) is 2.69. The van der Waals surface area contributed by atoms with Crippen LogP contribution in [0.25, 0.3) is 0 Å². The molecule has 2 atom stereocenters. The van der Waals surface area contributed by atoms with Crippen molar-refractivity contribution in [1.29, 1.82) is 0 Å². The lowest BCUT2D eigenvalue weighted by Crippen LogP contribution is -2.65. The molecule has 1 N–H and O–H groups in total. The van der Waals surface area contributed by atoms with Gasteiger partial charge in [0.25, 0.3) is 0 Å². The first-order valence-corrected chi connectivity index (χ1v) is 6.81. The van der Waals surface area contributed by atoms with E-state index in [1.165, 1.54) is 25.9 Å². The molecule has 1 fully saturated rings. The van der Waals surface area contributed by atoms with Crippen molar-refractivity contribution >= 4 is 0 Å². The molecule has 0 aromatic rings. The van der Waals surface area contributed by atoms with Crippen LogP contribution in [-0.2, 0) is 0 Å². The van der Waals surface area contributed by atoms with E-state index in [9.17, 15) is 0 Å². The van der Waals surface area contributed by atoms with E-state index < -0.39 is 0 Å². The van der Waals surface area contributed by atoms with Crippen molar-refractivity contribution in [2.75, 3.05) is 19.6 Å². The third-order valence-electron chi connectivity index (χ3n) is 4.01. The average Bonchev–Trinajstić information content (AvgIpc) is 2.16. The zero-order chi connectivity index (χ0) is 12.4. The summed E-state index contributed by atoms with van der Waals surface area (Å²) in [6, 6.07) is 0.673. The van der Waals surface area contributed by atoms with Crippen LogP contribution in [0.4, 0.5) is 0 Å². The summed E-state index contributed by atoms with van der Waals surface area (Å²) in [6.45, 7) is 17.6. The van der Waals surface area contributed by atoms with Crippen LogP contribution >= 0.6 is 0 Å². The van der Waals surface area contributed by atoms with Crippen LogP contribution in [0.3, 0.4) is 0 Å². The molecule has 0 saturated carbocycles. The van der Waals surface area contributed by atoms with Gasteiger partial charge in [-0.25, -0.2) is 0 Å². The first-order chi connectivity index (χ1) is 7.32. The van der Waals surface area contributed by atoms with Crippen molar-refractivity contribution < 1.29 is 0 Å². The van der Waals surface area contributed by atoms with Crippen LogP contribution in [0.2, 0.25) is 0 Å². The van der Waals surface area contributed by atoms with Gasteiger partial charge in [0.1, 0.15) is 0 Å². The van der Waals surface area contributed by atoms with E-state index >= 15 is 0 Å². The lowest BCUT2D eigenvalue weighted by molar-refractivity contribution is 0.0265. The van der Waals surface area contributed by atoms with Crippen LogP contribution in [-0.4, -0.2) is 36.1 Å². The lowest BCUT2D eigenvalue weighted by atomic mass is 9.81. The molecule has 96 valence electrons. The third kappa shape index (κ3) is 3.21. The fourth-order valence-corrected chi connectivity index (χ4v) is 2.70. The highest BCUT2D eigenvalue weighted by molar-refractivity contribution is 4.97. The Morgan fingerprint density at radius 1 is 1.31 bits per heavy atom. The minimum absolute atomic E-state index is 0.316. The van der Waals surface area contributed by atoms with Crippen LogP contribution in [0.15, 0.2) is 0 Å². The minimum atomic E-state index is 0.316. The first kappa shape index (κ1) is 14.0. The molecule has 1 heterocycles. The highest BCUT2D eigenvalue weighted by Crippen LogP contribution is 2.29. The summed E-state index contributed by atoms with van der Waals surface area (Å²) in [5, 5.41) is 3.75. The second-order valence-electron chi connectivity index (χ2n) is 6.65. The molecule has 1 aliphatic heterocycles. The molecular weight excluding hydrogens is 196 g/mol. The topological polar surface area (TPSA) is 15.3 Å². The molecule has 0 aromatic heterocycles. The van der Waals surface area contributed by atoms with Crippen molar-refractivity contribution in [2.24, 2.45) is 5.41 Å². The van der Waals surface area contributed by atoms with E-state index in [0.29, 0.717) is 17.0 Å². The molecule has 0 bridgehead atoms. The smallest absolute Gasteiger partial charge is 0.0278 e. The van der Waals surface area contributed by atoms with Gasteiger partial charge in [0, 0.05) is 24.7 Å². The Bertz CT molecular complexity index is 219. The maximum atomic E-state index is 3.75. The Morgan fingerprint density at radius 2 is 1.94 bits per heavy atom. The zero-order valence-electron chi connectivity index (χ0n) is 12.1. The number of piperazine rings is 1. The van der Waals surface area contributed by atoms with Gasteiger partial charge in [-0.3, -0.25) is 4.90 Å². The van der Waals surface area contributed by atoms with Gasteiger partial charge < -0.3 is 5.32 Å². The largest absolute Gasteiger partial charge is 0.309 e. The normalized spacial score (nSPS) is 33.0. The molecule has 16 heavy (non-hydrogen) atoms. The van der Waals surface area contributed by atoms with Crippen molar-refractivity contribution in [3.8, 4) is 0 Å². The van der Waals surface area contributed by atoms with Crippen molar-refractivity contribution in [3.05, 3.63) is 0 Å². The predicted molar refractivity (Wildman–Crippen MR) is 71.8 cm³/mol. The third-order valence-corrected chi connectivity index (χ3v) is 4.01. The van der Waals surface area contributed by atoms with Gasteiger partial charge in [0.2, 0.25) is 0 Å². The maximum Gasteiger partial charge on any atom is 0.0278 e. The molecule has 0 amide bonds. The average molecular weight is 226 g/mol. The highest BCUT2D eigenvalue weighted by atomic mass is 15.3. The van der Waals surface area contributed by atoms with Gasteiger partial charge in [-0.05, 0) is 31.7 Å². The quantitative estimate of drug-likeness (QED) is 0.796. The number of rotatable bonds is 3. The van der Waals surface area contributed by atoms with E-state index in [4.69, 9.17) is 0 Å². The van der Waals surface area contributed by atoms with Crippen LogP contribution in [0.1, 0.15) is 54.4 Å². The molecule has 0 aliphatic carbocycles. The SMILES string of the molecule is CCCN1CC(C)(CC)NCC1C(C)(C)C. The molecule has 0 spiro atoms. The number of hydrogen-bond donors (Lipinski definition) is 1. The van der Waals surface area contributed by atoms with Crippen molar-refractivity contribution in [1.82, 2.24) is 10.2 Å². The summed E-state index contributed by atoms with van der Waals surface area (Å²) in [7, 11) is 0. The van der Waals surface area contributed by atoms with Gasteiger partial charge in [-0.15, -0.1) is 0 Å². The summed E-state index contributed by atoms with van der Waals surface area (Å²) < 4.78 is 0. The van der Waals surface area contributed by atoms with Gasteiger partial charge in [-0.1, -0.05) is 34.6 Å². The number of nitrogens with one attached hydrogen (secondary N) is 1. The summed E-state index contributed by atoms with van der Waals surface area (Å²) in [5.41, 5.74) is 0.689. The maximum absolute atomic E-state index is 3.75. The number of hydrogen-bond acceptors (Lipinski definition) is 2. The Balaban J connectivity index is 2.75. The Kier molecular flexibility index (Phi) is 4.42. The van der Waals surface area contributed by atoms with Gasteiger partial charge in [-0.2, -0.15) is 0 Å². The molecule has 0 radical (unpaired) electrons. The second kappa shape index (κ2) is 5.05. The van der Waals surface area contributed by atoms with Gasteiger partial charge >= 0.3 is 0 Å². The summed E-state index contributed by atoms with van der Waals surface area (Å²) in [6.07, 6.45) is 2.47. The Labute approximate surface area is 102 Å². The molecule has 2 heteroatoms. The van der Waals surface area contributed by atoms with E-state index in [1.807, 2.05) is 0 Å². The predicted octanol–water partition coefficient (Wildman–Crippen LogP) is 2.89. The van der Waals surface area contributed by atoms with Gasteiger partial charge in [0.05, 0.1) is 0 Å². The molecular formula is C14H30N2. The molecule has 0 aromatic carbocycles. The molecule has 1 aliphatic rings. The summed E-state index contributed by atoms with van der Waals surface area (Å²) >= 11 is 0. The molecule has 1 rings (SSSR count). The summed E-state index contributed by atoms with van der Waals surface area (Å²) in [5.74, 6) is 0. The minimum Gasteiger partial charge on any atom is -0.309 e. The second-order valence-corrected chi connectivity index (χ2v) is 6.65. The van der Waals surface area contributed by atoms with Crippen molar-refractivity contribution in [2.45, 2.75) is 66.0 Å². The highest BCUT2D eigenvalue weighted by Gasteiger charge is 2.38. The van der Waals surface area contributed by atoms with Crippen LogP contribution in [0.5, 0.6) is 0 Å². The van der Waals surface area contributed by atoms with Crippen molar-refractivity contribution in [3.63, 3.8) is 0 Å². The van der Waals surface area contributed by atoms with E-state index in [1.54, 1.807) is 0 Å². The standard InChI is InChI=1S/C14H30N2/c1-7-9-16-11-14(6,8-2)15-10-12(16)13(3,4)5/h12,15H,7-11H2,1-6H3. The Morgan fingerprint density at radius 3 is 2.38 bits per heavy atom. The molecule has 2 nitrogen and oxygen atoms in total. The molecule has 2 unspecified atom stereocenters. The van der Waals surface area contributed by atoms with E-state index in [2.05, 4.69) is 51.8 Å². The van der Waals surface area contributed by atoms with Gasteiger partial charge in [0.15, 0.2) is 0 Å². The first-order valence-electron chi connectivity index (χ1n) is 6.81. The van der Waals surface area contributed by atoms with E-state index in [0.717, 1.165) is 6.54 Å².